The first-order valence-corrected chi connectivity index (χ1v) is 13.4. The highest BCUT2D eigenvalue weighted by atomic mass is 35.5. The van der Waals surface area contributed by atoms with E-state index in [-0.39, 0.29) is 53.3 Å². The van der Waals surface area contributed by atoms with Gasteiger partial charge in [0.25, 0.3) is 5.91 Å². The zero-order valence-electron chi connectivity index (χ0n) is 19.3. The SMILES string of the molecule is CCOC(=O)[C@@H]1CCCN(S(=O)(=O)c2cc(OCC(=O)NC3CCCCC3)c(C)cc2Cl)C1. The Balaban J connectivity index is 1.71. The molecule has 0 aromatic heterocycles. The van der Waals surface area contributed by atoms with E-state index in [0.717, 1.165) is 25.7 Å². The largest absolute Gasteiger partial charge is 0.483 e. The van der Waals surface area contributed by atoms with Crippen molar-refractivity contribution in [1.82, 2.24) is 9.62 Å². The number of aryl methyl sites for hydroxylation is 1. The van der Waals surface area contributed by atoms with E-state index in [0.29, 0.717) is 24.9 Å². The molecule has 1 amide bonds. The number of nitrogens with one attached hydrogen (secondary N) is 1. The van der Waals surface area contributed by atoms with Gasteiger partial charge in [0.15, 0.2) is 6.61 Å². The first-order chi connectivity index (χ1) is 15.7. The molecular formula is C23H33ClN2O6S. The molecule has 10 heteroatoms. The summed E-state index contributed by atoms with van der Waals surface area (Å²) in [5.41, 5.74) is 0.632. The predicted molar refractivity (Wildman–Crippen MR) is 125 cm³/mol. The second-order valence-electron chi connectivity index (χ2n) is 8.69. The van der Waals surface area contributed by atoms with Gasteiger partial charge in [-0.2, -0.15) is 4.31 Å². The van der Waals surface area contributed by atoms with Gasteiger partial charge in [0.2, 0.25) is 10.0 Å². The second kappa shape index (κ2) is 11.5. The van der Waals surface area contributed by atoms with Crippen molar-refractivity contribution in [2.45, 2.75) is 69.7 Å². The van der Waals surface area contributed by atoms with E-state index < -0.39 is 15.9 Å². The van der Waals surface area contributed by atoms with Crippen LogP contribution in [0.25, 0.3) is 0 Å². The lowest BCUT2D eigenvalue weighted by Crippen LogP contribution is -2.42. The lowest BCUT2D eigenvalue weighted by atomic mass is 9.95. The van der Waals surface area contributed by atoms with Crippen LogP contribution in [-0.4, -0.2) is 56.9 Å². The molecule has 184 valence electrons. The minimum Gasteiger partial charge on any atom is -0.483 e. The van der Waals surface area contributed by atoms with E-state index in [9.17, 15) is 18.0 Å². The van der Waals surface area contributed by atoms with Crippen LogP contribution in [0.1, 0.15) is 57.4 Å². The Morgan fingerprint density at radius 2 is 1.88 bits per heavy atom. The van der Waals surface area contributed by atoms with Gasteiger partial charge < -0.3 is 14.8 Å². The van der Waals surface area contributed by atoms with Crippen LogP contribution in [0.4, 0.5) is 0 Å². The van der Waals surface area contributed by atoms with E-state index in [2.05, 4.69) is 5.32 Å². The van der Waals surface area contributed by atoms with E-state index in [1.165, 1.54) is 22.9 Å². The molecule has 0 bridgehead atoms. The molecule has 8 nitrogen and oxygen atoms in total. The molecule has 3 rings (SSSR count). The third-order valence-electron chi connectivity index (χ3n) is 6.18. The highest BCUT2D eigenvalue weighted by Gasteiger charge is 2.35. The lowest BCUT2D eigenvalue weighted by Gasteiger charge is -2.31. The number of nitrogens with zero attached hydrogens (tertiary/aromatic N) is 1. The quantitative estimate of drug-likeness (QED) is 0.548. The Hall–Kier alpha value is -1.84. The number of piperidine rings is 1. The van der Waals surface area contributed by atoms with Crippen LogP contribution >= 0.6 is 11.6 Å². The summed E-state index contributed by atoms with van der Waals surface area (Å²) >= 11 is 6.31. The summed E-state index contributed by atoms with van der Waals surface area (Å²) < 4.78 is 38.7. The standard InChI is InChI=1S/C23H33ClN2O6S/c1-3-31-23(28)17-8-7-11-26(14-17)33(29,30)21-13-20(16(2)12-19(21)24)32-15-22(27)25-18-9-5-4-6-10-18/h12-13,17-18H,3-11,14-15H2,1-2H3,(H,25,27)/t17-/m1/s1. The first kappa shape index (κ1) is 25.8. The number of hydrogen-bond acceptors (Lipinski definition) is 6. The highest BCUT2D eigenvalue weighted by molar-refractivity contribution is 7.89. The summed E-state index contributed by atoms with van der Waals surface area (Å²) in [6, 6.07) is 3.06. The number of carbonyl (C=O) groups is 2. The molecule has 0 spiro atoms. The van der Waals surface area contributed by atoms with Gasteiger partial charge in [-0.25, -0.2) is 8.42 Å². The van der Waals surface area contributed by atoms with Crippen molar-refractivity contribution in [3.8, 4) is 5.75 Å². The molecule has 1 saturated heterocycles. The summed E-state index contributed by atoms with van der Waals surface area (Å²) in [4.78, 5) is 24.4. The van der Waals surface area contributed by atoms with Crippen LogP contribution in [0.15, 0.2) is 17.0 Å². The topological polar surface area (TPSA) is 102 Å². The Morgan fingerprint density at radius 1 is 1.15 bits per heavy atom. The van der Waals surface area contributed by atoms with Crippen molar-refractivity contribution >= 4 is 33.5 Å². The van der Waals surface area contributed by atoms with Crippen LogP contribution in [0.5, 0.6) is 5.75 Å². The highest BCUT2D eigenvalue weighted by Crippen LogP contribution is 2.33. The van der Waals surface area contributed by atoms with Crippen molar-refractivity contribution in [3.05, 3.63) is 22.7 Å². The molecule has 1 aromatic rings. The molecule has 33 heavy (non-hydrogen) atoms. The monoisotopic (exact) mass is 500 g/mol. The van der Waals surface area contributed by atoms with Crippen molar-refractivity contribution < 1.29 is 27.5 Å². The number of carbonyl (C=O) groups excluding carboxylic acids is 2. The molecule has 2 fully saturated rings. The summed E-state index contributed by atoms with van der Waals surface area (Å²) in [5.74, 6) is -0.831. The summed E-state index contributed by atoms with van der Waals surface area (Å²) in [5, 5.41) is 3.06. The number of hydrogen-bond donors (Lipinski definition) is 1. The van der Waals surface area contributed by atoms with Crippen LogP contribution in [0, 0.1) is 12.8 Å². The van der Waals surface area contributed by atoms with Gasteiger partial charge >= 0.3 is 5.97 Å². The van der Waals surface area contributed by atoms with Gasteiger partial charge in [-0.15, -0.1) is 0 Å². The molecule has 2 aliphatic rings. The third kappa shape index (κ3) is 6.61. The van der Waals surface area contributed by atoms with Crippen molar-refractivity contribution in [1.29, 1.82) is 0 Å². The van der Waals surface area contributed by atoms with Gasteiger partial charge in [-0.3, -0.25) is 9.59 Å². The molecule has 1 saturated carbocycles. The van der Waals surface area contributed by atoms with E-state index in [4.69, 9.17) is 21.1 Å². The minimum absolute atomic E-state index is 0.0470. The molecule has 1 N–H and O–H groups in total. The van der Waals surface area contributed by atoms with Crippen LogP contribution in [0.3, 0.4) is 0 Å². The van der Waals surface area contributed by atoms with Crippen LogP contribution in [-0.2, 0) is 24.3 Å². The fraction of sp³-hybridized carbons (Fsp3) is 0.652. The third-order valence-corrected chi connectivity index (χ3v) is 8.51. The van der Waals surface area contributed by atoms with Gasteiger partial charge in [-0.1, -0.05) is 30.9 Å². The van der Waals surface area contributed by atoms with Gasteiger partial charge in [-0.05, 0) is 51.2 Å². The van der Waals surface area contributed by atoms with Crippen molar-refractivity contribution in [2.75, 3.05) is 26.3 Å². The van der Waals surface area contributed by atoms with E-state index >= 15 is 0 Å². The molecule has 1 atom stereocenters. The molecule has 1 aromatic carbocycles. The zero-order chi connectivity index (χ0) is 24.0. The Kier molecular flexibility index (Phi) is 9.01. The van der Waals surface area contributed by atoms with Gasteiger partial charge in [0.1, 0.15) is 10.6 Å². The normalized spacial score (nSPS) is 20.3. The summed E-state index contributed by atoms with van der Waals surface area (Å²) in [6.45, 7) is 3.86. The van der Waals surface area contributed by atoms with Gasteiger partial charge in [0, 0.05) is 25.2 Å². The number of sulfonamides is 1. The molecule has 0 radical (unpaired) electrons. The fourth-order valence-corrected chi connectivity index (χ4v) is 6.50. The first-order valence-electron chi connectivity index (χ1n) is 11.6. The molecule has 0 unspecified atom stereocenters. The van der Waals surface area contributed by atoms with Crippen molar-refractivity contribution in [3.63, 3.8) is 0 Å². The van der Waals surface area contributed by atoms with Gasteiger partial charge in [0.05, 0.1) is 17.5 Å². The summed E-state index contributed by atoms with van der Waals surface area (Å²) in [7, 11) is -3.96. The smallest absolute Gasteiger partial charge is 0.310 e. The number of amides is 1. The maximum atomic E-state index is 13.4. The molecule has 1 aliphatic carbocycles. The zero-order valence-corrected chi connectivity index (χ0v) is 20.8. The number of esters is 1. The molecule has 1 aliphatic heterocycles. The summed E-state index contributed by atoms with van der Waals surface area (Å²) in [6.07, 6.45) is 6.48. The lowest BCUT2D eigenvalue weighted by molar-refractivity contribution is -0.149. The maximum Gasteiger partial charge on any atom is 0.310 e. The Bertz CT molecular complexity index is 962. The molecule has 1 heterocycles. The van der Waals surface area contributed by atoms with Crippen LogP contribution < -0.4 is 10.1 Å². The van der Waals surface area contributed by atoms with Crippen LogP contribution in [0.2, 0.25) is 5.02 Å². The average Bonchev–Trinajstić information content (AvgIpc) is 2.79. The molecular weight excluding hydrogens is 468 g/mol. The van der Waals surface area contributed by atoms with E-state index in [1.54, 1.807) is 13.8 Å². The number of rotatable bonds is 8. The Labute approximate surface area is 201 Å². The van der Waals surface area contributed by atoms with Crippen molar-refractivity contribution in [2.24, 2.45) is 5.92 Å². The Morgan fingerprint density at radius 3 is 2.58 bits per heavy atom. The van der Waals surface area contributed by atoms with E-state index in [1.807, 2.05) is 0 Å². The predicted octanol–water partition coefficient (Wildman–Crippen LogP) is 3.44. The maximum absolute atomic E-state index is 13.4. The number of benzene rings is 1. The fourth-order valence-electron chi connectivity index (χ4n) is 4.40. The minimum atomic E-state index is -3.96. The second-order valence-corrected chi connectivity index (χ2v) is 11.0. The number of halogens is 1. The average molecular weight is 501 g/mol. The number of ether oxygens (including phenoxy) is 2.